The van der Waals surface area contributed by atoms with Gasteiger partial charge in [0.05, 0.1) is 12.2 Å². The van der Waals surface area contributed by atoms with Crippen LogP contribution >= 0.6 is 11.3 Å². The van der Waals surface area contributed by atoms with Crippen LogP contribution in [0.3, 0.4) is 0 Å². The molecule has 5 rings (SSSR count). The van der Waals surface area contributed by atoms with E-state index >= 15 is 0 Å². The lowest BCUT2D eigenvalue weighted by molar-refractivity contribution is 0.196. The van der Waals surface area contributed by atoms with Crippen molar-refractivity contribution in [1.82, 2.24) is 29.7 Å². The van der Waals surface area contributed by atoms with Crippen molar-refractivity contribution >= 4 is 22.8 Å². The van der Waals surface area contributed by atoms with E-state index in [0.29, 0.717) is 6.04 Å². The lowest BCUT2D eigenvalue weighted by Gasteiger charge is -2.44. The van der Waals surface area contributed by atoms with Gasteiger partial charge in [0.25, 0.3) is 0 Å². The summed E-state index contributed by atoms with van der Waals surface area (Å²) in [6, 6.07) is 4.61. The van der Waals surface area contributed by atoms with E-state index < -0.39 is 0 Å². The smallest absolute Gasteiger partial charge is 0.178 e. The van der Waals surface area contributed by atoms with E-state index in [0.717, 1.165) is 36.9 Å². The fourth-order valence-corrected chi connectivity index (χ4v) is 5.37. The third-order valence-corrected chi connectivity index (χ3v) is 7.15. The topological polar surface area (TPSA) is 62.5 Å². The summed E-state index contributed by atoms with van der Waals surface area (Å²) in [4.78, 5) is 11.2. The predicted octanol–water partition coefficient (Wildman–Crippen LogP) is 3.08. The number of aryl methyl sites for hydroxylation is 2. The van der Waals surface area contributed by atoms with E-state index in [2.05, 4.69) is 53.9 Å². The Kier molecular flexibility index (Phi) is 4.58. The SMILES string of the molecule is CN(Cc1nc2c(s1)CCCC2)C1CN(c2ccc3nnc(C(C)(C)C)n3n2)C1. The molecule has 0 bridgehead atoms. The van der Waals surface area contributed by atoms with Crippen molar-refractivity contribution in [2.45, 2.75) is 64.5 Å². The van der Waals surface area contributed by atoms with Crippen LogP contribution in [0.15, 0.2) is 12.1 Å². The van der Waals surface area contributed by atoms with Crippen molar-refractivity contribution in [3.8, 4) is 0 Å². The fraction of sp³-hybridized carbons (Fsp3) is 0.619. The molecule has 1 saturated heterocycles. The van der Waals surface area contributed by atoms with Crippen molar-refractivity contribution in [2.75, 3.05) is 25.0 Å². The number of hydrogen-bond donors (Lipinski definition) is 0. The van der Waals surface area contributed by atoms with Crippen molar-refractivity contribution in [1.29, 1.82) is 0 Å². The lowest BCUT2D eigenvalue weighted by atomic mass is 9.96. The molecule has 0 spiro atoms. The molecule has 4 heterocycles. The minimum absolute atomic E-state index is 0.0877. The summed E-state index contributed by atoms with van der Waals surface area (Å²) in [5.41, 5.74) is 2.08. The van der Waals surface area contributed by atoms with Gasteiger partial charge in [0.15, 0.2) is 11.5 Å². The molecule has 1 aliphatic carbocycles. The quantitative estimate of drug-likeness (QED) is 0.657. The normalized spacial score (nSPS) is 17.8. The van der Waals surface area contributed by atoms with Gasteiger partial charge >= 0.3 is 0 Å². The molecular formula is C21H29N7S. The highest BCUT2D eigenvalue weighted by atomic mass is 32.1. The predicted molar refractivity (Wildman–Crippen MR) is 116 cm³/mol. The molecule has 0 N–H and O–H groups in total. The van der Waals surface area contributed by atoms with Gasteiger partial charge in [-0.3, -0.25) is 4.90 Å². The Balaban J connectivity index is 1.25. The number of thiazole rings is 1. The number of nitrogens with zero attached hydrogens (tertiary/aromatic N) is 7. The zero-order valence-electron chi connectivity index (χ0n) is 17.7. The number of likely N-dealkylation sites (N-methyl/N-ethyl adjacent to an activating group) is 1. The largest absolute Gasteiger partial charge is 0.352 e. The van der Waals surface area contributed by atoms with Crippen LogP contribution in [0.1, 0.15) is 55.0 Å². The van der Waals surface area contributed by atoms with Gasteiger partial charge in [0.2, 0.25) is 0 Å². The van der Waals surface area contributed by atoms with Gasteiger partial charge in [-0.2, -0.15) is 4.52 Å². The van der Waals surface area contributed by atoms with Crippen LogP contribution in [-0.2, 0) is 24.8 Å². The first-order chi connectivity index (χ1) is 13.9. The Bertz CT molecular complexity index is 1000. The molecule has 8 heteroatoms. The zero-order valence-corrected chi connectivity index (χ0v) is 18.5. The molecule has 1 aliphatic heterocycles. The Morgan fingerprint density at radius 2 is 1.93 bits per heavy atom. The van der Waals surface area contributed by atoms with Crippen LogP contribution in [0, 0.1) is 0 Å². The van der Waals surface area contributed by atoms with Crippen LogP contribution < -0.4 is 4.90 Å². The minimum atomic E-state index is -0.0877. The van der Waals surface area contributed by atoms with E-state index in [1.807, 2.05) is 21.9 Å². The summed E-state index contributed by atoms with van der Waals surface area (Å²) in [5.74, 6) is 1.90. The second kappa shape index (κ2) is 7.02. The second-order valence-electron chi connectivity index (χ2n) is 9.39. The maximum Gasteiger partial charge on any atom is 0.178 e. The molecule has 0 radical (unpaired) electrons. The van der Waals surface area contributed by atoms with Gasteiger partial charge in [-0.25, -0.2) is 4.98 Å². The van der Waals surface area contributed by atoms with Gasteiger partial charge in [0.1, 0.15) is 10.8 Å². The molecule has 154 valence electrons. The summed E-state index contributed by atoms with van der Waals surface area (Å²) in [6.45, 7) is 9.36. The monoisotopic (exact) mass is 411 g/mol. The molecule has 3 aromatic heterocycles. The zero-order chi connectivity index (χ0) is 20.2. The molecule has 3 aromatic rings. The number of anilines is 1. The molecule has 0 amide bonds. The highest BCUT2D eigenvalue weighted by Crippen LogP contribution is 2.29. The Morgan fingerprint density at radius 1 is 1.14 bits per heavy atom. The molecule has 1 fully saturated rings. The summed E-state index contributed by atoms with van der Waals surface area (Å²) in [7, 11) is 2.22. The van der Waals surface area contributed by atoms with Crippen molar-refractivity contribution in [3.05, 3.63) is 33.5 Å². The van der Waals surface area contributed by atoms with E-state index in [4.69, 9.17) is 10.1 Å². The lowest BCUT2D eigenvalue weighted by Crippen LogP contribution is -2.58. The fourth-order valence-electron chi connectivity index (χ4n) is 4.15. The van der Waals surface area contributed by atoms with Crippen LogP contribution in [0.5, 0.6) is 0 Å². The highest BCUT2D eigenvalue weighted by Gasteiger charge is 2.32. The maximum absolute atomic E-state index is 4.90. The van der Waals surface area contributed by atoms with E-state index in [9.17, 15) is 0 Å². The van der Waals surface area contributed by atoms with Gasteiger partial charge in [0, 0.05) is 29.4 Å². The number of rotatable bonds is 4. The molecule has 0 saturated carbocycles. The van der Waals surface area contributed by atoms with Gasteiger partial charge in [-0.15, -0.1) is 26.6 Å². The molecule has 7 nitrogen and oxygen atoms in total. The molecule has 0 aromatic carbocycles. The average Bonchev–Trinajstić information content (AvgIpc) is 3.22. The van der Waals surface area contributed by atoms with Crippen LogP contribution in [0.2, 0.25) is 0 Å². The summed E-state index contributed by atoms with van der Waals surface area (Å²) >= 11 is 1.92. The van der Waals surface area contributed by atoms with E-state index in [1.54, 1.807) is 0 Å². The molecular weight excluding hydrogens is 382 g/mol. The molecule has 2 aliphatic rings. The first-order valence-electron chi connectivity index (χ1n) is 10.5. The van der Waals surface area contributed by atoms with Gasteiger partial charge < -0.3 is 4.90 Å². The van der Waals surface area contributed by atoms with E-state index in [-0.39, 0.29) is 5.41 Å². The summed E-state index contributed by atoms with van der Waals surface area (Å²) < 4.78 is 1.90. The number of aromatic nitrogens is 5. The Hall–Kier alpha value is -2.06. The van der Waals surface area contributed by atoms with Crippen molar-refractivity contribution in [3.63, 3.8) is 0 Å². The van der Waals surface area contributed by atoms with Gasteiger partial charge in [-0.1, -0.05) is 20.8 Å². The van der Waals surface area contributed by atoms with E-state index in [1.165, 1.54) is 41.3 Å². The first kappa shape index (κ1) is 18.9. The minimum Gasteiger partial charge on any atom is -0.352 e. The second-order valence-corrected chi connectivity index (χ2v) is 10.6. The standard InChI is InChI=1S/C21H29N7S/c1-21(2,3)20-24-23-17-9-10-18(25-28(17)20)27-11-14(12-27)26(4)13-19-22-15-7-5-6-8-16(15)29-19/h9-10,14H,5-8,11-13H2,1-4H3. The van der Waals surface area contributed by atoms with Crippen molar-refractivity contribution < 1.29 is 0 Å². The van der Waals surface area contributed by atoms with Crippen LogP contribution in [0.25, 0.3) is 5.65 Å². The van der Waals surface area contributed by atoms with Gasteiger partial charge in [-0.05, 0) is 44.9 Å². The molecule has 29 heavy (non-hydrogen) atoms. The summed E-state index contributed by atoms with van der Waals surface area (Å²) in [5, 5.41) is 14.7. The number of fused-ring (bicyclic) bond motifs is 2. The highest BCUT2D eigenvalue weighted by molar-refractivity contribution is 7.11. The molecule has 0 atom stereocenters. The third kappa shape index (κ3) is 3.53. The maximum atomic E-state index is 4.90. The Morgan fingerprint density at radius 3 is 2.69 bits per heavy atom. The first-order valence-corrected chi connectivity index (χ1v) is 11.4. The summed E-state index contributed by atoms with van der Waals surface area (Å²) in [6.07, 6.45) is 5.01. The van der Waals surface area contributed by atoms with Crippen LogP contribution in [-0.4, -0.2) is 55.9 Å². The van der Waals surface area contributed by atoms with Crippen LogP contribution in [0.4, 0.5) is 5.82 Å². The third-order valence-electron chi connectivity index (χ3n) is 6.00. The van der Waals surface area contributed by atoms with Crippen molar-refractivity contribution in [2.24, 2.45) is 0 Å². The molecule has 0 unspecified atom stereocenters. The number of hydrogen-bond acceptors (Lipinski definition) is 7. The Labute approximate surface area is 175 Å². The average molecular weight is 412 g/mol.